The molecule has 5 rings (SSSR count). The maximum Gasteiger partial charge on any atom is 0.258 e. The zero-order chi connectivity index (χ0) is 18.4. The maximum absolute atomic E-state index is 13.2. The molecule has 0 fully saturated rings. The van der Waals surface area contributed by atoms with Gasteiger partial charge in [0.1, 0.15) is 0 Å². The molecule has 3 aromatic rings. The molecule has 1 aliphatic heterocycles. The molecule has 0 N–H and O–H groups in total. The summed E-state index contributed by atoms with van der Waals surface area (Å²) in [6, 6.07) is 14.0. The predicted octanol–water partition coefficient (Wildman–Crippen LogP) is 5.36. The third-order valence-electron chi connectivity index (χ3n) is 5.80. The minimum atomic E-state index is 0.0414. The number of amides is 1. The van der Waals surface area contributed by atoms with Crippen LogP contribution in [0.1, 0.15) is 46.4 Å². The lowest BCUT2D eigenvalue weighted by Gasteiger charge is -2.29. The monoisotopic (exact) mass is 376 g/mol. The van der Waals surface area contributed by atoms with Gasteiger partial charge < -0.3 is 4.90 Å². The molecular formula is C23H21ClN2O. The zero-order valence-corrected chi connectivity index (χ0v) is 15.9. The number of pyridine rings is 1. The fourth-order valence-corrected chi connectivity index (χ4v) is 4.76. The zero-order valence-electron chi connectivity index (χ0n) is 15.2. The Bertz CT molecular complexity index is 1060. The molecule has 3 nitrogen and oxygen atoms in total. The van der Waals surface area contributed by atoms with E-state index in [1.165, 1.54) is 17.5 Å². The van der Waals surface area contributed by atoms with Gasteiger partial charge >= 0.3 is 0 Å². The van der Waals surface area contributed by atoms with Crippen molar-refractivity contribution >= 4 is 34.1 Å². The topological polar surface area (TPSA) is 33.2 Å². The Morgan fingerprint density at radius 2 is 1.85 bits per heavy atom. The van der Waals surface area contributed by atoms with Gasteiger partial charge in [0.05, 0.1) is 10.5 Å². The second kappa shape index (κ2) is 6.65. The smallest absolute Gasteiger partial charge is 0.258 e. The largest absolute Gasteiger partial charge is 0.308 e. The summed E-state index contributed by atoms with van der Waals surface area (Å²) in [5.41, 5.74) is 6.08. The Hall–Kier alpha value is -2.39. The second-order valence-electron chi connectivity index (χ2n) is 7.48. The van der Waals surface area contributed by atoms with Crippen molar-refractivity contribution in [2.45, 2.75) is 38.5 Å². The van der Waals surface area contributed by atoms with Gasteiger partial charge in [-0.25, -0.2) is 0 Å². The van der Waals surface area contributed by atoms with Crippen molar-refractivity contribution in [3.63, 3.8) is 0 Å². The van der Waals surface area contributed by atoms with Gasteiger partial charge in [-0.05, 0) is 67.9 Å². The van der Waals surface area contributed by atoms with Gasteiger partial charge in [0, 0.05) is 28.9 Å². The lowest BCUT2D eigenvalue weighted by atomic mass is 9.94. The van der Waals surface area contributed by atoms with Crippen LogP contribution in [-0.4, -0.2) is 17.4 Å². The van der Waals surface area contributed by atoms with Crippen LogP contribution in [0.4, 0.5) is 5.69 Å². The van der Waals surface area contributed by atoms with Crippen molar-refractivity contribution in [3.8, 4) is 0 Å². The van der Waals surface area contributed by atoms with E-state index in [2.05, 4.69) is 6.07 Å². The third kappa shape index (κ3) is 2.81. The molecule has 1 amide bonds. The van der Waals surface area contributed by atoms with Crippen LogP contribution >= 0.6 is 11.6 Å². The van der Waals surface area contributed by atoms with Gasteiger partial charge in [-0.1, -0.05) is 35.9 Å². The first-order valence-corrected chi connectivity index (χ1v) is 10.1. The van der Waals surface area contributed by atoms with Crippen molar-refractivity contribution in [3.05, 3.63) is 69.9 Å². The van der Waals surface area contributed by atoms with Gasteiger partial charge in [-0.2, -0.15) is 0 Å². The number of aryl methyl sites for hydroxylation is 2. The van der Waals surface area contributed by atoms with E-state index >= 15 is 0 Å². The molecule has 2 aliphatic rings. The summed E-state index contributed by atoms with van der Waals surface area (Å²) >= 11 is 6.67. The number of aromatic nitrogens is 1. The highest BCUT2D eigenvalue weighted by atomic mass is 35.5. The van der Waals surface area contributed by atoms with Crippen molar-refractivity contribution in [1.82, 2.24) is 4.98 Å². The molecular weight excluding hydrogens is 356 g/mol. The van der Waals surface area contributed by atoms with Crippen LogP contribution in [0.5, 0.6) is 0 Å². The Kier molecular flexibility index (Phi) is 4.13. The van der Waals surface area contributed by atoms with Crippen LogP contribution in [0.25, 0.3) is 10.9 Å². The number of carbonyl (C=O) groups is 1. The van der Waals surface area contributed by atoms with Crippen LogP contribution in [-0.2, 0) is 19.3 Å². The molecule has 0 bridgehead atoms. The number of carbonyl (C=O) groups excluding carboxylic acids is 1. The Morgan fingerprint density at radius 1 is 1.00 bits per heavy atom. The van der Waals surface area contributed by atoms with Gasteiger partial charge in [0.15, 0.2) is 0 Å². The summed E-state index contributed by atoms with van der Waals surface area (Å²) in [5, 5.41) is 1.77. The van der Waals surface area contributed by atoms with E-state index in [-0.39, 0.29) is 5.91 Å². The molecule has 0 saturated heterocycles. The molecule has 136 valence electrons. The van der Waals surface area contributed by atoms with E-state index < -0.39 is 0 Å². The van der Waals surface area contributed by atoms with E-state index in [0.29, 0.717) is 5.56 Å². The number of hydrogen-bond acceptors (Lipinski definition) is 2. The number of halogens is 1. The molecule has 2 heterocycles. The Morgan fingerprint density at radius 3 is 2.78 bits per heavy atom. The second-order valence-corrected chi connectivity index (χ2v) is 7.86. The Balaban J connectivity index is 1.57. The number of rotatable bonds is 1. The Labute approximate surface area is 164 Å². The summed E-state index contributed by atoms with van der Waals surface area (Å²) in [7, 11) is 0. The number of anilines is 1. The molecule has 0 saturated carbocycles. The van der Waals surface area contributed by atoms with Crippen LogP contribution in [0.2, 0.25) is 5.02 Å². The molecule has 1 aliphatic carbocycles. The molecule has 0 atom stereocenters. The number of hydrogen-bond donors (Lipinski definition) is 0. The van der Waals surface area contributed by atoms with E-state index in [9.17, 15) is 4.79 Å². The molecule has 1 aromatic heterocycles. The lowest BCUT2D eigenvalue weighted by molar-refractivity contribution is 0.0985. The summed E-state index contributed by atoms with van der Waals surface area (Å²) in [6.07, 6.45) is 6.33. The summed E-state index contributed by atoms with van der Waals surface area (Å²) < 4.78 is 0. The molecule has 4 heteroatoms. The van der Waals surface area contributed by atoms with Crippen molar-refractivity contribution in [1.29, 1.82) is 0 Å². The molecule has 0 radical (unpaired) electrons. The van der Waals surface area contributed by atoms with Crippen LogP contribution < -0.4 is 4.90 Å². The molecule has 0 unspecified atom stereocenters. The van der Waals surface area contributed by atoms with E-state index in [0.717, 1.165) is 66.0 Å². The highest BCUT2D eigenvalue weighted by Crippen LogP contribution is 2.34. The first kappa shape index (κ1) is 16.8. The number of benzene rings is 2. The SMILES string of the molecule is O=C(c1ccc2c(Cl)c3c(nc2c1)CCCC3)N1CCCc2ccccc21. The average Bonchev–Trinajstić information content (AvgIpc) is 2.72. The van der Waals surface area contributed by atoms with E-state index in [1.807, 2.05) is 41.3 Å². The predicted molar refractivity (Wildman–Crippen MR) is 110 cm³/mol. The standard InChI is InChI=1S/C23H21ClN2O/c24-22-17-8-2-3-9-19(17)25-20-14-16(11-12-18(20)22)23(27)26-13-5-7-15-6-1-4-10-21(15)26/h1,4,6,10-12,14H,2-3,5,7-9,13H2. The number of fused-ring (bicyclic) bond motifs is 3. The van der Waals surface area contributed by atoms with Gasteiger partial charge in [-0.15, -0.1) is 0 Å². The maximum atomic E-state index is 13.2. The normalized spacial score (nSPS) is 16.1. The minimum absolute atomic E-state index is 0.0414. The van der Waals surface area contributed by atoms with Crippen LogP contribution in [0, 0.1) is 0 Å². The summed E-state index contributed by atoms with van der Waals surface area (Å²) in [6.45, 7) is 0.756. The molecule has 0 spiro atoms. The number of para-hydroxylation sites is 1. The first-order valence-electron chi connectivity index (χ1n) is 9.73. The summed E-state index contributed by atoms with van der Waals surface area (Å²) in [5.74, 6) is 0.0414. The van der Waals surface area contributed by atoms with Crippen molar-refractivity contribution in [2.24, 2.45) is 0 Å². The quantitative estimate of drug-likeness (QED) is 0.572. The highest BCUT2D eigenvalue weighted by Gasteiger charge is 2.24. The van der Waals surface area contributed by atoms with Crippen molar-refractivity contribution < 1.29 is 4.79 Å². The average molecular weight is 377 g/mol. The van der Waals surface area contributed by atoms with Gasteiger partial charge in [-0.3, -0.25) is 9.78 Å². The van der Waals surface area contributed by atoms with E-state index in [4.69, 9.17) is 16.6 Å². The van der Waals surface area contributed by atoms with Crippen LogP contribution in [0.3, 0.4) is 0 Å². The fourth-order valence-electron chi connectivity index (χ4n) is 4.40. The van der Waals surface area contributed by atoms with E-state index in [1.54, 1.807) is 0 Å². The molecule has 27 heavy (non-hydrogen) atoms. The lowest BCUT2D eigenvalue weighted by Crippen LogP contribution is -2.35. The minimum Gasteiger partial charge on any atom is -0.308 e. The van der Waals surface area contributed by atoms with Gasteiger partial charge in [0.2, 0.25) is 0 Å². The highest BCUT2D eigenvalue weighted by molar-refractivity contribution is 6.36. The molecule has 2 aromatic carbocycles. The summed E-state index contributed by atoms with van der Waals surface area (Å²) in [4.78, 5) is 20.0. The van der Waals surface area contributed by atoms with Gasteiger partial charge in [0.25, 0.3) is 5.91 Å². The first-order chi connectivity index (χ1) is 13.2. The fraction of sp³-hybridized carbons (Fsp3) is 0.304. The third-order valence-corrected chi connectivity index (χ3v) is 6.23. The van der Waals surface area contributed by atoms with Crippen molar-refractivity contribution in [2.75, 3.05) is 11.4 Å². The van der Waals surface area contributed by atoms with Crippen LogP contribution in [0.15, 0.2) is 42.5 Å². The number of nitrogens with zero attached hydrogens (tertiary/aromatic N) is 2.